The number of carbonyl (C=O) groups is 1. The molecule has 26 heavy (non-hydrogen) atoms. The number of nitrogens with zero attached hydrogens (tertiary/aromatic N) is 1. The van der Waals surface area contributed by atoms with E-state index in [0.29, 0.717) is 25.6 Å². The highest BCUT2D eigenvalue weighted by molar-refractivity contribution is 14.0. The van der Waals surface area contributed by atoms with Crippen LogP contribution in [0.5, 0.6) is 0 Å². The molecule has 148 valence electrons. The predicted molar refractivity (Wildman–Crippen MR) is 119 cm³/mol. The zero-order valence-electron chi connectivity index (χ0n) is 16.9. The Morgan fingerprint density at radius 3 is 2.08 bits per heavy atom. The van der Waals surface area contributed by atoms with Gasteiger partial charge in [0.2, 0.25) is 0 Å². The maximum absolute atomic E-state index is 11.6. The van der Waals surface area contributed by atoms with Gasteiger partial charge in [0, 0.05) is 26.7 Å². The van der Waals surface area contributed by atoms with Crippen molar-refractivity contribution < 1.29 is 9.53 Å². The molecule has 1 aromatic carbocycles. The molecule has 7 heteroatoms. The third-order valence-electron chi connectivity index (χ3n) is 3.58. The Labute approximate surface area is 174 Å². The lowest BCUT2D eigenvalue weighted by Crippen LogP contribution is -2.42. The molecule has 0 saturated heterocycles. The fourth-order valence-electron chi connectivity index (χ4n) is 2.54. The number of aryl methyl sites for hydroxylation is 3. The summed E-state index contributed by atoms with van der Waals surface area (Å²) in [5, 5.41) is 9.20. The summed E-state index contributed by atoms with van der Waals surface area (Å²) in [7, 11) is 1.73. The predicted octanol–water partition coefficient (Wildman–Crippen LogP) is 3.42. The smallest absolute Gasteiger partial charge is 0.407 e. The van der Waals surface area contributed by atoms with Gasteiger partial charge in [0.25, 0.3) is 0 Å². The Bertz CT molecular complexity index is 601. The van der Waals surface area contributed by atoms with Gasteiger partial charge < -0.3 is 20.7 Å². The highest BCUT2D eigenvalue weighted by Gasteiger charge is 2.15. The summed E-state index contributed by atoms with van der Waals surface area (Å²) in [6.07, 6.45) is -0.414. The van der Waals surface area contributed by atoms with Gasteiger partial charge in [0.1, 0.15) is 5.60 Å². The van der Waals surface area contributed by atoms with Crippen LogP contribution in [0, 0.1) is 20.8 Å². The lowest BCUT2D eigenvalue weighted by Gasteiger charge is -2.20. The third kappa shape index (κ3) is 9.26. The molecule has 0 saturated carbocycles. The van der Waals surface area contributed by atoms with Crippen molar-refractivity contribution in [2.24, 2.45) is 4.99 Å². The maximum atomic E-state index is 11.6. The Hall–Kier alpha value is -1.51. The molecule has 0 radical (unpaired) electrons. The topological polar surface area (TPSA) is 74.8 Å². The van der Waals surface area contributed by atoms with Crippen LogP contribution in [0.1, 0.15) is 43.0 Å². The summed E-state index contributed by atoms with van der Waals surface area (Å²) >= 11 is 0. The number of ether oxygens (including phenoxy) is 1. The van der Waals surface area contributed by atoms with Crippen molar-refractivity contribution in [1.29, 1.82) is 0 Å². The molecular formula is C19H33IN4O2. The molecule has 0 heterocycles. The van der Waals surface area contributed by atoms with E-state index >= 15 is 0 Å². The molecule has 0 aliphatic heterocycles. The number of aliphatic imine (C=N–C) groups is 1. The quantitative estimate of drug-likeness (QED) is 0.264. The van der Waals surface area contributed by atoms with Crippen LogP contribution in [0.25, 0.3) is 0 Å². The molecule has 1 amide bonds. The summed E-state index contributed by atoms with van der Waals surface area (Å²) in [5.74, 6) is 0.699. The number of alkyl carbamates (subject to hydrolysis) is 1. The van der Waals surface area contributed by atoms with Gasteiger partial charge >= 0.3 is 6.09 Å². The van der Waals surface area contributed by atoms with Crippen molar-refractivity contribution in [1.82, 2.24) is 16.0 Å². The molecule has 0 atom stereocenters. The molecule has 0 bridgehead atoms. The van der Waals surface area contributed by atoms with E-state index in [0.717, 1.165) is 0 Å². The van der Waals surface area contributed by atoms with Crippen LogP contribution in [0.3, 0.4) is 0 Å². The first-order chi connectivity index (χ1) is 11.6. The Kier molecular flexibility index (Phi) is 10.6. The van der Waals surface area contributed by atoms with Gasteiger partial charge in [-0.1, -0.05) is 17.7 Å². The number of hydrogen-bond donors (Lipinski definition) is 3. The van der Waals surface area contributed by atoms with Crippen LogP contribution in [-0.2, 0) is 11.3 Å². The minimum absolute atomic E-state index is 0. The first kappa shape index (κ1) is 24.5. The number of halogens is 1. The molecule has 3 N–H and O–H groups in total. The van der Waals surface area contributed by atoms with Crippen molar-refractivity contribution in [3.63, 3.8) is 0 Å². The first-order valence-electron chi connectivity index (χ1n) is 8.60. The summed E-state index contributed by atoms with van der Waals surface area (Å²) < 4.78 is 5.19. The average Bonchev–Trinajstić information content (AvgIpc) is 2.46. The molecule has 0 aromatic heterocycles. The van der Waals surface area contributed by atoms with E-state index < -0.39 is 11.7 Å². The van der Waals surface area contributed by atoms with E-state index in [-0.39, 0.29) is 24.0 Å². The second-order valence-electron chi connectivity index (χ2n) is 7.16. The monoisotopic (exact) mass is 476 g/mol. The van der Waals surface area contributed by atoms with Crippen molar-refractivity contribution in [3.05, 3.63) is 34.4 Å². The standard InChI is InChI=1S/C19H32N4O2.HI/c1-13-10-14(2)16(15(3)11-13)12-23-17(20-7)21-8-9-22-18(24)25-19(4,5)6;/h10-11H,8-9,12H2,1-7H3,(H,22,24)(H2,20,21,23);1H. The summed E-state index contributed by atoms with van der Waals surface area (Å²) in [4.78, 5) is 15.8. The number of amides is 1. The molecule has 1 rings (SSSR count). The third-order valence-corrected chi connectivity index (χ3v) is 3.58. The van der Waals surface area contributed by atoms with E-state index in [1.54, 1.807) is 7.05 Å². The first-order valence-corrected chi connectivity index (χ1v) is 8.60. The van der Waals surface area contributed by atoms with Gasteiger partial charge in [-0.2, -0.15) is 0 Å². The zero-order valence-corrected chi connectivity index (χ0v) is 19.3. The van der Waals surface area contributed by atoms with Gasteiger partial charge in [-0.3, -0.25) is 4.99 Å². The van der Waals surface area contributed by atoms with Gasteiger partial charge in [-0.05, 0) is 58.2 Å². The number of nitrogens with one attached hydrogen (secondary N) is 3. The fourth-order valence-corrected chi connectivity index (χ4v) is 2.54. The second-order valence-corrected chi connectivity index (χ2v) is 7.16. The highest BCUT2D eigenvalue weighted by Crippen LogP contribution is 2.15. The van der Waals surface area contributed by atoms with E-state index in [1.807, 2.05) is 20.8 Å². The molecule has 0 aliphatic carbocycles. The second kappa shape index (κ2) is 11.3. The number of carbonyl (C=O) groups excluding carboxylic acids is 1. The molecule has 0 unspecified atom stereocenters. The van der Waals surface area contributed by atoms with Gasteiger partial charge in [0.15, 0.2) is 5.96 Å². The van der Waals surface area contributed by atoms with Crippen LogP contribution in [-0.4, -0.2) is 37.8 Å². The van der Waals surface area contributed by atoms with Crippen LogP contribution in [0.2, 0.25) is 0 Å². The maximum Gasteiger partial charge on any atom is 0.407 e. The van der Waals surface area contributed by atoms with E-state index in [9.17, 15) is 4.79 Å². The lowest BCUT2D eigenvalue weighted by molar-refractivity contribution is 0.0529. The molecule has 0 fully saturated rings. The molecule has 0 spiro atoms. The van der Waals surface area contributed by atoms with Crippen molar-refractivity contribution in [2.45, 2.75) is 53.7 Å². The van der Waals surface area contributed by atoms with E-state index in [1.165, 1.54) is 22.3 Å². The molecule has 1 aromatic rings. The van der Waals surface area contributed by atoms with Gasteiger partial charge in [-0.25, -0.2) is 4.79 Å². The minimum atomic E-state index is -0.487. The average molecular weight is 476 g/mol. The van der Waals surface area contributed by atoms with Crippen molar-refractivity contribution in [3.8, 4) is 0 Å². The summed E-state index contributed by atoms with van der Waals surface area (Å²) in [6, 6.07) is 4.37. The minimum Gasteiger partial charge on any atom is -0.444 e. The van der Waals surface area contributed by atoms with Crippen LogP contribution in [0.15, 0.2) is 17.1 Å². The van der Waals surface area contributed by atoms with Gasteiger partial charge in [-0.15, -0.1) is 24.0 Å². The zero-order chi connectivity index (χ0) is 19.0. The van der Waals surface area contributed by atoms with Crippen LogP contribution < -0.4 is 16.0 Å². The summed E-state index contributed by atoms with van der Waals surface area (Å²) in [5.41, 5.74) is 4.60. The number of benzene rings is 1. The van der Waals surface area contributed by atoms with E-state index in [4.69, 9.17) is 4.74 Å². The number of guanidine groups is 1. The molecular weight excluding hydrogens is 443 g/mol. The van der Waals surface area contributed by atoms with E-state index in [2.05, 4.69) is 53.8 Å². The SMILES string of the molecule is CN=C(NCCNC(=O)OC(C)(C)C)NCc1c(C)cc(C)cc1C.I. The Morgan fingerprint density at radius 2 is 1.58 bits per heavy atom. The number of hydrogen-bond acceptors (Lipinski definition) is 3. The Balaban J connectivity index is 0.00000625. The van der Waals surface area contributed by atoms with Crippen molar-refractivity contribution >= 4 is 36.0 Å². The van der Waals surface area contributed by atoms with Crippen LogP contribution in [0.4, 0.5) is 4.79 Å². The number of rotatable bonds is 5. The summed E-state index contributed by atoms with van der Waals surface area (Å²) in [6.45, 7) is 13.6. The highest BCUT2D eigenvalue weighted by atomic mass is 127. The van der Waals surface area contributed by atoms with Crippen molar-refractivity contribution in [2.75, 3.05) is 20.1 Å². The normalized spacial score (nSPS) is 11.4. The largest absolute Gasteiger partial charge is 0.444 e. The molecule has 0 aliphatic rings. The van der Waals surface area contributed by atoms with Gasteiger partial charge in [0.05, 0.1) is 0 Å². The Morgan fingerprint density at radius 1 is 1.04 bits per heavy atom. The molecule has 6 nitrogen and oxygen atoms in total. The lowest BCUT2D eigenvalue weighted by atomic mass is 10.00. The fraction of sp³-hybridized carbons (Fsp3) is 0.579. The van der Waals surface area contributed by atoms with Crippen LogP contribution >= 0.6 is 24.0 Å².